The number of rotatable bonds is 13. The van der Waals surface area contributed by atoms with E-state index in [0.29, 0.717) is 0 Å². The van der Waals surface area contributed by atoms with Gasteiger partial charge in [-0.2, -0.15) is 0 Å². The van der Waals surface area contributed by atoms with E-state index in [1.54, 1.807) is 11.3 Å². The molecule has 5 aromatic carbocycles. The maximum absolute atomic E-state index is 6.26. The van der Waals surface area contributed by atoms with Crippen LogP contribution in [0.2, 0.25) is 0 Å². The molecule has 0 bridgehead atoms. The number of hydrogen-bond donors (Lipinski definition) is 0. The Bertz CT molecular complexity index is 1950. The van der Waals surface area contributed by atoms with Gasteiger partial charge >= 0.3 is 0 Å². The largest absolute Gasteiger partial charge is 0.494 e. The smallest absolute Gasteiger partial charge is 0.124 e. The van der Waals surface area contributed by atoms with E-state index in [9.17, 15) is 0 Å². The van der Waals surface area contributed by atoms with Crippen molar-refractivity contribution in [3.05, 3.63) is 126 Å². The normalized spacial score (nSPS) is 13.0. The van der Waals surface area contributed by atoms with Gasteiger partial charge in [-0.15, -0.1) is 11.3 Å². The Morgan fingerprint density at radius 1 is 0.681 bits per heavy atom. The molecule has 0 fully saturated rings. The van der Waals surface area contributed by atoms with Crippen molar-refractivity contribution >= 4 is 54.5 Å². The lowest BCUT2D eigenvalue weighted by Crippen LogP contribution is -2.23. The second-order valence-electron chi connectivity index (χ2n) is 12.4. The molecule has 0 unspecified atom stereocenters. The summed E-state index contributed by atoms with van der Waals surface area (Å²) in [6, 6.07) is 41.8. The van der Waals surface area contributed by atoms with Gasteiger partial charge in [0.15, 0.2) is 0 Å². The van der Waals surface area contributed by atoms with Crippen molar-refractivity contribution in [2.75, 3.05) is 16.8 Å². The van der Waals surface area contributed by atoms with Crippen molar-refractivity contribution in [1.29, 1.82) is 0 Å². The molecule has 0 aliphatic heterocycles. The first-order valence-electron chi connectivity index (χ1n) is 16.9. The van der Waals surface area contributed by atoms with Gasteiger partial charge < -0.3 is 9.64 Å². The molecule has 1 aliphatic carbocycles. The summed E-state index contributed by atoms with van der Waals surface area (Å²) < 4.78 is 7.49. The molecular formula is C42H41BrN2OS. The average Bonchev–Trinajstić information content (AvgIpc) is 3.67. The van der Waals surface area contributed by atoms with Crippen LogP contribution < -0.4 is 9.64 Å². The van der Waals surface area contributed by atoms with E-state index in [1.165, 1.54) is 51.8 Å². The number of ether oxygens (including phenoxy) is 1. The summed E-state index contributed by atoms with van der Waals surface area (Å²) in [6.07, 6.45) is 6.77. The van der Waals surface area contributed by atoms with Crippen molar-refractivity contribution in [1.82, 2.24) is 4.98 Å². The summed E-state index contributed by atoms with van der Waals surface area (Å²) in [6.45, 7) is 5.42. The fourth-order valence-electron chi connectivity index (χ4n) is 7.24. The molecule has 0 atom stereocenters. The Morgan fingerprint density at radius 3 is 2.17 bits per heavy atom. The molecule has 0 saturated heterocycles. The number of benzene rings is 5. The van der Waals surface area contributed by atoms with E-state index >= 15 is 0 Å². The molecule has 3 nitrogen and oxygen atoms in total. The molecule has 6 aromatic rings. The topological polar surface area (TPSA) is 25.4 Å². The molecule has 7 rings (SSSR count). The number of unbranched alkanes of at least 4 members (excludes halogenated alkanes) is 3. The molecule has 1 aromatic heterocycles. The molecule has 1 aliphatic rings. The zero-order valence-corrected chi connectivity index (χ0v) is 29.6. The lowest BCUT2D eigenvalue weighted by Gasteiger charge is -2.32. The summed E-state index contributed by atoms with van der Waals surface area (Å²) in [4.78, 5) is 7.37. The Balaban J connectivity index is 1.26. The van der Waals surface area contributed by atoms with Gasteiger partial charge in [0, 0.05) is 39.4 Å². The highest BCUT2D eigenvalue weighted by molar-refractivity contribution is 9.09. The summed E-state index contributed by atoms with van der Waals surface area (Å²) in [5.74, 6) is 0.913. The number of thiazole rings is 1. The molecule has 238 valence electrons. The molecular weight excluding hydrogens is 660 g/mol. The van der Waals surface area contributed by atoms with Gasteiger partial charge in [-0.1, -0.05) is 97.2 Å². The Morgan fingerprint density at radius 2 is 1.38 bits per heavy atom. The number of hydrogen-bond acceptors (Lipinski definition) is 4. The quantitative estimate of drug-likeness (QED) is 0.0885. The van der Waals surface area contributed by atoms with Crippen LogP contribution in [0.5, 0.6) is 5.75 Å². The molecule has 0 amide bonds. The number of alkyl halides is 1. The molecule has 5 heteroatoms. The Hall–Kier alpha value is -3.93. The summed E-state index contributed by atoms with van der Waals surface area (Å²) in [7, 11) is 0. The highest BCUT2D eigenvalue weighted by Crippen LogP contribution is 2.55. The number of nitrogens with zero attached hydrogens (tertiary/aromatic N) is 2. The molecule has 1 heterocycles. The molecule has 0 spiro atoms. The van der Waals surface area contributed by atoms with Gasteiger partial charge in [-0.05, 0) is 103 Å². The minimum atomic E-state index is -0.0739. The fourth-order valence-corrected chi connectivity index (χ4v) is 8.60. The van der Waals surface area contributed by atoms with Crippen LogP contribution in [-0.2, 0) is 5.41 Å². The van der Waals surface area contributed by atoms with Crippen LogP contribution >= 0.6 is 27.3 Å². The van der Waals surface area contributed by atoms with E-state index in [2.05, 4.69) is 150 Å². The number of aromatic nitrogens is 1. The number of fused-ring (bicyclic) bond motifs is 4. The van der Waals surface area contributed by atoms with Crippen molar-refractivity contribution in [3.8, 4) is 27.4 Å². The predicted molar refractivity (Wildman–Crippen MR) is 204 cm³/mol. The number of halogens is 1. The van der Waals surface area contributed by atoms with Crippen molar-refractivity contribution < 1.29 is 4.74 Å². The lowest BCUT2D eigenvalue weighted by molar-refractivity contribution is 0.305. The highest BCUT2D eigenvalue weighted by atomic mass is 79.9. The number of anilines is 3. The molecule has 0 saturated carbocycles. The maximum Gasteiger partial charge on any atom is 0.124 e. The Labute approximate surface area is 291 Å². The third kappa shape index (κ3) is 6.12. The highest BCUT2D eigenvalue weighted by Gasteiger charge is 2.41. The predicted octanol–water partition coefficient (Wildman–Crippen LogP) is 12.9. The van der Waals surface area contributed by atoms with Gasteiger partial charge in [0.25, 0.3) is 0 Å². The van der Waals surface area contributed by atoms with Crippen LogP contribution in [0.25, 0.3) is 31.9 Å². The number of para-hydroxylation sites is 2. The van der Waals surface area contributed by atoms with Crippen LogP contribution in [-0.4, -0.2) is 16.9 Å². The van der Waals surface area contributed by atoms with E-state index in [4.69, 9.17) is 9.72 Å². The van der Waals surface area contributed by atoms with E-state index in [-0.39, 0.29) is 5.41 Å². The van der Waals surface area contributed by atoms with Gasteiger partial charge in [0.05, 0.1) is 16.8 Å². The minimum absolute atomic E-state index is 0.0739. The van der Waals surface area contributed by atoms with E-state index in [1.807, 2.05) is 0 Å². The minimum Gasteiger partial charge on any atom is -0.494 e. The van der Waals surface area contributed by atoms with E-state index in [0.717, 1.165) is 64.5 Å². The van der Waals surface area contributed by atoms with Crippen LogP contribution in [0.4, 0.5) is 17.1 Å². The summed E-state index contributed by atoms with van der Waals surface area (Å²) in [5.41, 5.74) is 11.1. The zero-order valence-electron chi connectivity index (χ0n) is 27.2. The van der Waals surface area contributed by atoms with Crippen LogP contribution in [0.15, 0.2) is 115 Å². The Kier molecular flexibility index (Phi) is 9.46. The van der Waals surface area contributed by atoms with Gasteiger partial charge in [0.1, 0.15) is 10.8 Å². The lowest BCUT2D eigenvalue weighted by atomic mass is 9.73. The van der Waals surface area contributed by atoms with Gasteiger partial charge in [0.2, 0.25) is 0 Å². The second kappa shape index (κ2) is 14.0. The third-order valence-corrected chi connectivity index (χ3v) is 11.4. The molecule has 0 radical (unpaired) electrons. The van der Waals surface area contributed by atoms with Crippen molar-refractivity contribution in [2.24, 2.45) is 0 Å². The van der Waals surface area contributed by atoms with Gasteiger partial charge in [-0.3, -0.25) is 0 Å². The maximum atomic E-state index is 6.26. The average molecular weight is 702 g/mol. The SMILES string of the molecule is CCC1(CC)c2cc(-c3nc4ccccc4s3)ccc2-c2ccc(N(c3ccccc3)c3cccc(OCCCCCCBr)c3)cc21. The van der Waals surface area contributed by atoms with Crippen LogP contribution in [0.1, 0.15) is 63.5 Å². The fraction of sp³-hybridized carbons (Fsp3) is 0.262. The first-order valence-corrected chi connectivity index (χ1v) is 18.9. The van der Waals surface area contributed by atoms with Crippen molar-refractivity contribution in [3.63, 3.8) is 0 Å². The summed E-state index contributed by atoms with van der Waals surface area (Å²) >= 11 is 5.31. The molecule has 47 heavy (non-hydrogen) atoms. The third-order valence-electron chi connectivity index (χ3n) is 9.74. The van der Waals surface area contributed by atoms with Crippen LogP contribution in [0.3, 0.4) is 0 Å². The summed E-state index contributed by atoms with van der Waals surface area (Å²) in [5, 5.41) is 2.16. The standard InChI is InChI=1S/C42H41BrN2OS/c1-3-42(4-2)37-27-30(41-44-39-19-10-11-20-40(39)47-41)21-23-35(37)36-24-22-33(29-38(36)42)45(31-15-8-7-9-16-31)32-17-14-18-34(28-32)46-26-13-6-5-12-25-43/h7-11,14-24,27-29H,3-6,12-13,25-26H2,1-2H3. The second-order valence-corrected chi connectivity index (χ2v) is 14.2. The first kappa shape index (κ1) is 31.7. The van der Waals surface area contributed by atoms with Crippen LogP contribution in [0, 0.1) is 0 Å². The molecule has 0 N–H and O–H groups in total. The zero-order chi connectivity index (χ0) is 32.2. The first-order chi connectivity index (χ1) is 23.1. The monoisotopic (exact) mass is 700 g/mol. The van der Waals surface area contributed by atoms with E-state index < -0.39 is 0 Å². The van der Waals surface area contributed by atoms with Gasteiger partial charge in [-0.25, -0.2) is 4.98 Å². The van der Waals surface area contributed by atoms with Crippen molar-refractivity contribution in [2.45, 2.75) is 57.8 Å².